The average Bonchev–Trinajstić information content (AvgIpc) is 2.38. The molecule has 1 aliphatic carbocycles. The summed E-state index contributed by atoms with van der Waals surface area (Å²) in [6.45, 7) is 2.90. The lowest BCUT2D eigenvalue weighted by molar-refractivity contribution is -0.122. The standard InChI is InChI=1S/C15H22N4O/c16-13-4-6-17-14-5-7-19(9-12(13)14)10-15(20)18-8-11-2-1-3-11/h4,6,11H,1-3,5,7-10H2,(H2,16,17)(H,18,20). The van der Waals surface area contributed by atoms with Crippen LogP contribution in [0.4, 0.5) is 5.69 Å². The fraction of sp³-hybridized carbons (Fsp3) is 0.600. The van der Waals surface area contributed by atoms with Crippen LogP contribution in [0.5, 0.6) is 0 Å². The Morgan fingerprint density at radius 1 is 1.50 bits per heavy atom. The van der Waals surface area contributed by atoms with E-state index in [-0.39, 0.29) is 5.91 Å². The number of aromatic nitrogens is 1. The first kappa shape index (κ1) is 13.4. The van der Waals surface area contributed by atoms with E-state index in [1.54, 1.807) is 6.20 Å². The summed E-state index contributed by atoms with van der Waals surface area (Å²) >= 11 is 0. The zero-order valence-corrected chi connectivity index (χ0v) is 11.8. The molecule has 3 rings (SSSR count). The molecule has 1 fully saturated rings. The molecular weight excluding hydrogens is 252 g/mol. The van der Waals surface area contributed by atoms with Crippen LogP contribution < -0.4 is 11.1 Å². The molecule has 0 radical (unpaired) electrons. The summed E-state index contributed by atoms with van der Waals surface area (Å²) in [7, 11) is 0. The molecule has 3 N–H and O–H groups in total. The molecule has 1 amide bonds. The van der Waals surface area contributed by atoms with Crippen LogP contribution in [0.3, 0.4) is 0 Å². The van der Waals surface area contributed by atoms with Crippen LogP contribution in [-0.4, -0.2) is 35.4 Å². The van der Waals surface area contributed by atoms with Gasteiger partial charge in [-0.25, -0.2) is 0 Å². The Hall–Kier alpha value is -1.62. The first-order valence-corrected chi connectivity index (χ1v) is 7.43. The number of nitrogen functional groups attached to an aromatic ring is 1. The van der Waals surface area contributed by atoms with Gasteiger partial charge in [-0.15, -0.1) is 0 Å². The van der Waals surface area contributed by atoms with Crippen LogP contribution in [-0.2, 0) is 17.8 Å². The molecular formula is C15H22N4O. The lowest BCUT2D eigenvalue weighted by Gasteiger charge is -2.29. The van der Waals surface area contributed by atoms with Crippen molar-refractivity contribution in [2.75, 3.05) is 25.4 Å². The van der Waals surface area contributed by atoms with E-state index in [4.69, 9.17) is 5.73 Å². The third kappa shape index (κ3) is 2.93. The summed E-state index contributed by atoms with van der Waals surface area (Å²) in [5.41, 5.74) is 8.95. The number of nitrogens with one attached hydrogen (secondary N) is 1. The van der Waals surface area contributed by atoms with Gasteiger partial charge >= 0.3 is 0 Å². The van der Waals surface area contributed by atoms with E-state index in [0.29, 0.717) is 12.5 Å². The number of hydrogen-bond donors (Lipinski definition) is 2. The quantitative estimate of drug-likeness (QED) is 0.857. The molecule has 0 spiro atoms. The van der Waals surface area contributed by atoms with Crippen LogP contribution >= 0.6 is 0 Å². The number of anilines is 1. The van der Waals surface area contributed by atoms with Gasteiger partial charge in [0.05, 0.1) is 6.54 Å². The average molecular weight is 274 g/mol. The Kier molecular flexibility index (Phi) is 3.87. The van der Waals surface area contributed by atoms with Crippen molar-refractivity contribution in [3.8, 4) is 0 Å². The summed E-state index contributed by atoms with van der Waals surface area (Å²) in [4.78, 5) is 18.5. The summed E-state index contributed by atoms with van der Waals surface area (Å²) < 4.78 is 0. The van der Waals surface area contributed by atoms with Crippen molar-refractivity contribution >= 4 is 11.6 Å². The van der Waals surface area contributed by atoms with Crippen molar-refractivity contribution in [3.63, 3.8) is 0 Å². The van der Waals surface area contributed by atoms with Gasteiger partial charge in [-0.3, -0.25) is 14.7 Å². The van der Waals surface area contributed by atoms with Gasteiger partial charge in [0, 0.05) is 49.2 Å². The highest BCUT2D eigenvalue weighted by molar-refractivity contribution is 5.78. The van der Waals surface area contributed by atoms with E-state index in [1.165, 1.54) is 19.3 Å². The zero-order valence-electron chi connectivity index (χ0n) is 11.8. The third-order valence-electron chi connectivity index (χ3n) is 4.41. The molecule has 108 valence electrons. The maximum absolute atomic E-state index is 12.0. The summed E-state index contributed by atoms with van der Waals surface area (Å²) in [6, 6.07) is 1.83. The molecule has 0 atom stereocenters. The number of amides is 1. The van der Waals surface area contributed by atoms with Gasteiger partial charge in [-0.1, -0.05) is 6.42 Å². The normalized spacial score (nSPS) is 19.2. The molecule has 0 unspecified atom stereocenters. The van der Waals surface area contributed by atoms with E-state index < -0.39 is 0 Å². The van der Waals surface area contributed by atoms with E-state index >= 15 is 0 Å². The Morgan fingerprint density at radius 2 is 2.35 bits per heavy atom. The lowest BCUT2D eigenvalue weighted by Crippen LogP contribution is -2.42. The van der Waals surface area contributed by atoms with Gasteiger partial charge in [0.2, 0.25) is 5.91 Å². The molecule has 5 heteroatoms. The topological polar surface area (TPSA) is 71.2 Å². The van der Waals surface area contributed by atoms with E-state index in [0.717, 1.165) is 43.0 Å². The molecule has 0 bridgehead atoms. The zero-order chi connectivity index (χ0) is 13.9. The van der Waals surface area contributed by atoms with Gasteiger partial charge in [0.1, 0.15) is 0 Å². The van der Waals surface area contributed by atoms with Gasteiger partial charge < -0.3 is 11.1 Å². The Bertz CT molecular complexity index is 499. The minimum Gasteiger partial charge on any atom is -0.398 e. The van der Waals surface area contributed by atoms with E-state index in [9.17, 15) is 4.79 Å². The molecule has 20 heavy (non-hydrogen) atoms. The second-order valence-electron chi connectivity index (χ2n) is 5.89. The van der Waals surface area contributed by atoms with Crippen molar-refractivity contribution < 1.29 is 4.79 Å². The maximum Gasteiger partial charge on any atom is 0.234 e. The van der Waals surface area contributed by atoms with Crippen molar-refractivity contribution in [1.29, 1.82) is 0 Å². The Balaban J connectivity index is 1.51. The predicted octanol–water partition coefficient (Wildman–Crippen LogP) is 0.938. The third-order valence-corrected chi connectivity index (χ3v) is 4.41. The lowest BCUT2D eigenvalue weighted by atomic mass is 9.85. The van der Waals surface area contributed by atoms with Gasteiger partial charge in [-0.05, 0) is 24.8 Å². The van der Waals surface area contributed by atoms with E-state index in [1.807, 2.05) is 6.07 Å². The number of carbonyl (C=O) groups is 1. The first-order valence-electron chi connectivity index (χ1n) is 7.43. The second kappa shape index (κ2) is 5.79. The summed E-state index contributed by atoms with van der Waals surface area (Å²) in [5.74, 6) is 0.837. The SMILES string of the molecule is Nc1ccnc2c1CN(CC(=O)NCC1CCC1)CC2. The molecule has 0 aromatic carbocycles. The molecule has 2 aliphatic rings. The minimum absolute atomic E-state index is 0.128. The highest BCUT2D eigenvalue weighted by Crippen LogP contribution is 2.25. The fourth-order valence-corrected chi connectivity index (χ4v) is 2.87. The number of carbonyl (C=O) groups excluding carboxylic acids is 1. The number of fused-ring (bicyclic) bond motifs is 1. The van der Waals surface area contributed by atoms with Crippen molar-refractivity contribution in [2.24, 2.45) is 5.92 Å². The monoisotopic (exact) mass is 274 g/mol. The summed E-state index contributed by atoms with van der Waals surface area (Å²) in [6.07, 6.45) is 6.47. The molecule has 1 aliphatic heterocycles. The minimum atomic E-state index is 0.128. The van der Waals surface area contributed by atoms with Crippen molar-refractivity contribution in [2.45, 2.75) is 32.2 Å². The predicted molar refractivity (Wildman–Crippen MR) is 78.0 cm³/mol. The largest absolute Gasteiger partial charge is 0.398 e. The Morgan fingerprint density at radius 3 is 3.10 bits per heavy atom. The van der Waals surface area contributed by atoms with Crippen LogP contribution in [0.1, 0.15) is 30.5 Å². The Labute approximate surface area is 119 Å². The molecule has 1 saturated carbocycles. The molecule has 2 heterocycles. The van der Waals surface area contributed by atoms with Gasteiger partial charge in [0.15, 0.2) is 0 Å². The fourth-order valence-electron chi connectivity index (χ4n) is 2.87. The first-order chi connectivity index (χ1) is 9.72. The molecule has 1 aromatic rings. The van der Waals surface area contributed by atoms with Crippen LogP contribution in [0.25, 0.3) is 0 Å². The number of pyridine rings is 1. The van der Waals surface area contributed by atoms with E-state index in [2.05, 4.69) is 15.2 Å². The highest BCUT2D eigenvalue weighted by Gasteiger charge is 2.22. The van der Waals surface area contributed by atoms with Crippen molar-refractivity contribution in [3.05, 3.63) is 23.5 Å². The molecule has 0 saturated heterocycles. The molecule has 1 aromatic heterocycles. The van der Waals surface area contributed by atoms with Gasteiger partial charge in [-0.2, -0.15) is 0 Å². The van der Waals surface area contributed by atoms with Crippen molar-refractivity contribution in [1.82, 2.24) is 15.2 Å². The van der Waals surface area contributed by atoms with Crippen LogP contribution in [0, 0.1) is 5.92 Å². The number of nitrogens with two attached hydrogens (primary N) is 1. The number of nitrogens with zero attached hydrogens (tertiary/aromatic N) is 2. The smallest absolute Gasteiger partial charge is 0.234 e. The molecule has 5 nitrogen and oxygen atoms in total. The number of hydrogen-bond acceptors (Lipinski definition) is 4. The van der Waals surface area contributed by atoms with Crippen LogP contribution in [0.2, 0.25) is 0 Å². The summed E-state index contributed by atoms with van der Waals surface area (Å²) in [5, 5.41) is 3.04. The van der Waals surface area contributed by atoms with Gasteiger partial charge in [0.25, 0.3) is 0 Å². The van der Waals surface area contributed by atoms with Crippen LogP contribution in [0.15, 0.2) is 12.3 Å². The maximum atomic E-state index is 12.0. The number of rotatable bonds is 4. The second-order valence-corrected chi connectivity index (χ2v) is 5.89. The highest BCUT2D eigenvalue weighted by atomic mass is 16.2.